The van der Waals surface area contributed by atoms with Gasteiger partial charge in [0.25, 0.3) is 5.91 Å². The fourth-order valence-corrected chi connectivity index (χ4v) is 3.22. The second kappa shape index (κ2) is 4.90. The third-order valence-electron chi connectivity index (χ3n) is 4.32. The molecule has 0 unspecified atom stereocenters. The Balaban J connectivity index is 1.95. The number of imidazole rings is 1. The Labute approximate surface area is 130 Å². The van der Waals surface area contributed by atoms with Crippen LogP contribution in [-0.2, 0) is 10.6 Å². The number of hydrogen-bond acceptors (Lipinski definition) is 5. The number of aromatic amines is 1. The molecule has 0 aliphatic carbocycles. The smallest absolute Gasteiger partial charge is 0.330 e. The molecule has 4 N–H and O–H groups in total. The topological polar surface area (TPSA) is 108 Å². The fraction of sp³-hybridized carbons (Fsp3) is 0.312. The molecule has 3 atom stereocenters. The lowest BCUT2D eigenvalue weighted by Gasteiger charge is -2.23. The van der Waals surface area contributed by atoms with Gasteiger partial charge in [-0.15, -0.1) is 0 Å². The summed E-state index contributed by atoms with van der Waals surface area (Å²) < 4.78 is 6.45. The lowest BCUT2D eigenvalue weighted by atomic mass is 10.1. The predicted molar refractivity (Wildman–Crippen MR) is 82.8 cm³/mol. The van der Waals surface area contributed by atoms with Gasteiger partial charge in [-0.25, -0.2) is 9.36 Å². The number of rotatable bonds is 2. The molecule has 0 spiro atoms. The Bertz CT molecular complexity index is 946. The first-order chi connectivity index (χ1) is 11.0. The molecule has 1 aromatic heterocycles. The van der Waals surface area contributed by atoms with Crippen LogP contribution in [-0.4, -0.2) is 43.7 Å². The van der Waals surface area contributed by atoms with Crippen LogP contribution in [0.1, 0.15) is 6.42 Å². The van der Waals surface area contributed by atoms with Crippen molar-refractivity contribution in [3.05, 3.63) is 46.9 Å². The molecule has 0 radical (unpaired) electrons. The molecule has 0 bridgehead atoms. The molecule has 3 aromatic rings. The van der Waals surface area contributed by atoms with Gasteiger partial charge in [0, 0.05) is 0 Å². The van der Waals surface area contributed by atoms with Crippen LogP contribution in [0.4, 0.5) is 0 Å². The zero-order chi connectivity index (χ0) is 16.2. The molecule has 2 heterocycles. The Kier molecular flexibility index (Phi) is 3.07. The summed E-state index contributed by atoms with van der Waals surface area (Å²) in [4.78, 5) is 15.0. The molecule has 1 aliphatic rings. The minimum absolute atomic E-state index is 0.197. The maximum absolute atomic E-state index is 12.3. The van der Waals surface area contributed by atoms with E-state index in [4.69, 9.17) is 4.74 Å². The molecule has 7 nitrogen and oxygen atoms in total. The molecule has 1 fully saturated rings. The zero-order valence-electron chi connectivity index (χ0n) is 12.1. The van der Waals surface area contributed by atoms with E-state index in [0.29, 0.717) is 11.0 Å². The van der Waals surface area contributed by atoms with Crippen LogP contribution in [0, 0.1) is 0 Å². The number of ether oxygens (including phenoxy) is 1. The molecule has 4 rings (SSSR count). The lowest BCUT2D eigenvalue weighted by Crippen LogP contribution is -2.40. The van der Waals surface area contributed by atoms with Gasteiger partial charge in [0.1, 0.15) is 6.10 Å². The monoisotopic (exact) mass is 316 g/mol. The lowest BCUT2D eigenvalue weighted by molar-refractivity contribution is -0.255. The van der Waals surface area contributed by atoms with Crippen LogP contribution in [0.2, 0.25) is 0 Å². The van der Waals surface area contributed by atoms with Crippen molar-refractivity contribution >= 4 is 21.8 Å². The van der Waals surface area contributed by atoms with Gasteiger partial charge in [0.15, 0.2) is 0 Å². The number of hydrogen-bond donors (Lipinski definition) is 4. The largest absolute Gasteiger partial charge is 0.394 e. The number of nitrogens with zero attached hydrogens (tertiary/aromatic N) is 1. The van der Waals surface area contributed by atoms with Gasteiger partial charge in [0.2, 0.25) is 0 Å². The third kappa shape index (κ3) is 2.09. The summed E-state index contributed by atoms with van der Waals surface area (Å²) in [5.74, 6) is -2.00. The van der Waals surface area contributed by atoms with Crippen LogP contribution in [0.5, 0.6) is 0 Å². The van der Waals surface area contributed by atoms with Crippen LogP contribution in [0.25, 0.3) is 21.8 Å². The standard InChI is InChI=1S/C16H16N2O5/c19-8-14-13(20)7-16(22,23-14)18-12-6-10-4-2-1-3-9(10)5-11(12)17-15(18)21/h1-6,13-14,19-20,22H,7-8H2,(H,17,21)/t13-,14+,16+/m0/s1. The number of H-pyrrole nitrogens is 1. The number of aliphatic hydroxyl groups excluding tert-OH is 2. The van der Waals surface area contributed by atoms with E-state index in [1.165, 1.54) is 0 Å². The van der Waals surface area contributed by atoms with E-state index >= 15 is 0 Å². The van der Waals surface area contributed by atoms with Crippen LogP contribution in [0.3, 0.4) is 0 Å². The van der Waals surface area contributed by atoms with Crippen molar-refractivity contribution in [1.82, 2.24) is 9.55 Å². The minimum Gasteiger partial charge on any atom is -0.394 e. The molecule has 2 aromatic carbocycles. The number of benzene rings is 2. The molecule has 0 amide bonds. The van der Waals surface area contributed by atoms with Crippen molar-refractivity contribution < 1.29 is 20.1 Å². The van der Waals surface area contributed by atoms with Gasteiger partial charge in [0.05, 0.1) is 30.2 Å². The average molecular weight is 316 g/mol. The SMILES string of the molecule is O=c1[nH]c2cc3ccccc3cc2n1[C@@]1(O)C[C@H](O)[C@@H](CO)O1. The summed E-state index contributed by atoms with van der Waals surface area (Å²) >= 11 is 0. The second-order valence-corrected chi connectivity index (χ2v) is 5.84. The Morgan fingerprint density at radius 1 is 1.30 bits per heavy atom. The summed E-state index contributed by atoms with van der Waals surface area (Å²) in [6.45, 7) is -0.441. The summed E-state index contributed by atoms with van der Waals surface area (Å²) in [6, 6.07) is 11.2. The first-order valence-electron chi connectivity index (χ1n) is 7.35. The van der Waals surface area contributed by atoms with Crippen LogP contribution in [0.15, 0.2) is 41.2 Å². The quantitative estimate of drug-likeness (QED) is 0.541. The van der Waals surface area contributed by atoms with Crippen molar-refractivity contribution in [3.63, 3.8) is 0 Å². The first kappa shape index (κ1) is 14.4. The van der Waals surface area contributed by atoms with E-state index in [0.717, 1.165) is 15.3 Å². The Morgan fingerprint density at radius 3 is 2.65 bits per heavy atom. The summed E-state index contributed by atoms with van der Waals surface area (Å²) in [5, 5.41) is 31.7. The maximum Gasteiger partial charge on any atom is 0.330 e. The predicted octanol–water partition coefficient (Wildman–Crippen LogP) is 0.227. The molecule has 7 heteroatoms. The van der Waals surface area contributed by atoms with Gasteiger partial charge in [-0.3, -0.25) is 0 Å². The highest BCUT2D eigenvalue weighted by molar-refractivity contribution is 5.95. The molecule has 120 valence electrons. The fourth-order valence-electron chi connectivity index (χ4n) is 3.22. The molecule has 1 aliphatic heterocycles. The molecular weight excluding hydrogens is 300 g/mol. The molecule has 0 saturated carbocycles. The number of aliphatic hydroxyl groups is 3. The van der Waals surface area contributed by atoms with E-state index in [1.54, 1.807) is 6.07 Å². The van der Waals surface area contributed by atoms with Crippen molar-refractivity contribution in [2.75, 3.05) is 6.61 Å². The molecular formula is C16H16N2O5. The van der Waals surface area contributed by atoms with Gasteiger partial charge in [-0.05, 0) is 22.9 Å². The van der Waals surface area contributed by atoms with Crippen molar-refractivity contribution in [1.29, 1.82) is 0 Å². The van der Waals surface area contributed by atoms with E-state index in [-0.39, 0.29) is 6.42 Å². The van der Waals surface area contributed by atoms with Crippen LogP contribution >= 0.6 is 0 Å². The first-order valence-corrected chi connectivity index (χ1v) is 7.35. The summed E-state index contributed by atoms with van der Waals surface area (Å²) in [5.41, 5.74) is 0.498. The molecule has 23 heavy (non-hydrogen) atoms. The van der Waals surface area contributed by atoms with Gasteiger partial charge >= 0.3 is 5.69 Å². The Morgan fingerprint density at radius 2 is 2.00 bits per heavy atom. The highest BCUT2D eigenvalue weighted by Gasteiger charge is 2.47. The maximum atomic E-state index is 12.3. The van der Waals surface area contributed by atoms with Crippen molar-refractivity contribution in [2.24, 2.45) is 0 Å². The average Bonchev–Trinajstić information content (AvgIpc) is 3.00. The summed E-state index contributed by atoms with van der Waals surface area (Å²) in [7, 11) is 0. The normalized spacial score (nSPS) is 28.0. The van der Waals surface area contributed by atoms with E-state index in [9.17, 15) is 20.1 Å². The second-order valence-electron chi connectivity index (χ2n) is 5.84. The number of nitrogens with one attached hydrogen (secondary N) is 1. The number of aromatic nitrogens is 2. The highest BCUT2D eigenvalue weighted by atomic mass is 16.7. The van der Waals surface area contributed by atoms with E-state index in [1.807, 2.05) is 30.3 Å². The third-order valence-corrected chi connectivity index (χ3v) is 4.32. The van der Waals surface area contributed by atoms with Crippen molar-refractivity contribution in [2.45, 2.75) is 24.5 Å². The van der Waals surface area contributed by atoms with Gasteiger partial charge < -0.3 is 25.0 Å². The minimum atomic E-state index is -2.00. The zero-order valence-corrected chi connectivity index (χ0v) is 12.1. The highest BCUT2D eigenvalue weighted by Crippen LogP contribution is 2.34. The van der Waals surface area contributed by atoms with E-state index < -0.39 is 30.4 Å². The van der Waals surface area contributed by atoms with Crippen molar-refractivity contribution in [3.8, 4) is 0 Å². The van der Waals surface area contributed by atoms with E-state index in [2.05, 4.69) is 4.98 Å². The van der Waals surface area contributed by atoms with Gasteiger partial charge in [-0.2, -0.15) is 0 Å². The Hall–Kier alpha value is -2.19. The number of fused-ring (bicyclic) bond motifs is 2. The summed E-state index contributed by atoms with van der Waals surface area (Å²) in [6.07, 6.45) is -2.18. The molecule has 1 saturated heterocycles. The van der Waals surface area contributed by atoms with Crippen LogP contribution < -0.4 is 5.69 Å². The van der Waals surface area contributed by atoms with Gasteiger partial charge in [-0.1, -0.05) is 24.3 Å².